The summed E-state index contributed by atoms with van der Waals surface area (Å²) in [5.41, 5.74) is 8.38. The zero-order chi connectivity index (χ0) is 32.3. The van der Waals surface area contributed by atoms with Crippen LogP contribution in [0.4, 0.5) is 5.69 Å². The van der Waals surface area contributed by atoms with Crippen molar-refractivity contribution in [3.63, 3.8) is 0 Å². The van der Waals surface area contributed by atoms with E-state index in [0.29, 0.717) is 33.9 Å². The van der Waals surface area contributed by atoms with Crippen molar-refractivity contribution in [1.29, 1.82) is 5.41 Å². The summed E-state index contributed by atoms with van der Waals surface area (Å²) >= 11 is 0. The molecule has 0 radical (unpaired) electrons. The molecule has 7 N–H and O–H groups in total. The Balaban J connectivity index is 1.68. The van der Waals surface area contributed by atoms with E-state index in [2.05, 4.69) is 10.6 Å². The highest BCUT2D eigenvalue weighted by atomic mass is 16.5. The number of hydrogen-bond donors (Lipinski definition) is 6. The van der Waals surface area contributed by atoms with Crippen molar-refractivity contribution in [1.82, 2.24) is 5.32 Å². The SMILES string of the molecule is COc1cc([C@H](Nc2ccc(C(=N)N)cc2)C(=O)N[C@H](C(=O)O)C(CC(=O)O)c2ccccc2)ccc1OCc1ccccc1. The van der Waals surface area contributed by atoms with Crippen LogP contribution < -0.4 is 25.8 Å². The molecular formula is C34H34N4O7. The van der Waals surface area contributed by atoms with Crippen LogP contribution in [0.5, 0.6) is 11.5 Å². The van der Waals surface area contributed by atoms with Gasteiger partial charge >= 0.3 is 11.9 Å². The maximum atomic E-state index is 13.9. The predicted octanol–water partition coefficient (Wildman–Crippen LogP) is 4.54. The lowest BCUT2D eigenvalue weighted by Gasteiger charge is -2.27. The van der Waals surface area contributed by atoms with Gasteiger partial charge in [-0.15, -0.1) is 0 Å². The van der Waals surface area contributed by atoms with Crippen LogP contribution in [-0.2, 0) is 21.0 Å². The van der Waals surface area contributed by atoms with Gasteiger partial charge in [0.15, 0.2) is 11.5 Å². The highest BCUT2D eigenvalue weighted by Gasteiger charge is 2.35. The van der Waals surface area contributed by atoms with Crippen LogP contribution in [0.2, 0.25) is 0 Å². The molecular weight excluding hydrogens is 576 g/mol. The summed E-state index contributed by atoms with van der Waals surface area (Å²) in [6, 6.07) is 26.6. The number of carbonyl (C=O) groups excluding carboxylic acids is 1. The molecule has 45 heavy (non-hydrogen) atoms. The van der Waals surface area contributed by atoms with E-state index in [9.17, 15) is 24.6 Å². The van der Waals surface area contributed by atoms with Gasteiger partial charge in [-0.25, -0.2) is 4.79 Å². The molecule has 1 amide bonds. The van der Waals surface area contributed by atoms with Crippen LogP contribution in [0, 0.1) is 5.41 Å². The molecule has 0 spiro atoms. The number of aliphatic carboxylic acids is 2. The fourth-order valence-corrected chi connectivity index (χ4v) is 4.82. The number of nitrogens with one attached hydrogen (secondary N) is 3. The molecule has 0 heterocycles. The number of amides is 1. The number of carboxylic acid groups (broad SMARTS) is 2. The highest BCUT2D eigenvalue weighted by Crippen LogP contribution is 2.33. The zero-order valence-electron chi connectivity index (χ0n) is 24.5. The Kier molecular flexibility index (Phi) is 10.7. The second-order valence-corrected chi connectivity index (χ2v) is 10.2. The fraction of sp³-hybridized carbons (Fsp3) is 0.176. The first kappa shape index (κ1) is 32.1. The number of hydrogen-bond acceptors (Lipinski definition) is 7. The quantitative estimate of drug-likeness (QED) is 0.0831. The van der Waals surface area contributed by atoms with Gasteiger partial charge in [0.25, 0.3) is 0 Å². The van der Waals surface area contributed by atoms with E-state index in [1.807, 2.05) is 30.3 Å². The molecule has 0 aliphatic rings. The Morgan fingerprint density at radius 1 is 0.844 bits per heavy atom. The lowest BCUT2D eigenvalue weighted by atomic mass is 9.88. The lowest BCUT2D eigenvalue weighted by molar-refractivity contribution is -0.144. The Labute approximate surface area is 260 Å². The molecule has 0 aliphatic carbocycles. The number of amidine groups is 1. The number of benzene rings is 4. The normalized spacial score (nSPS) is 12.6. The van der Waals surface area contributed by atoms with E-state index in [1.54, 1.807) is 72.8 Å². The van der Waals surface area contributed by atoms with E-state index in [-0.39, 0.29) is 12.4 Å². The van der Waals surface area contributed by atoms with E-state index in [0.717, 1.165) is 5.56 Å². The summed E-state index contributed by atoms with van der Waals surface area (Å²) in [5.74, 6) is -3.71. The van der Waals surface area contributed by atoms with Gasteiger partial charge < -0.3 is 36.1 Å². The smallest absolute Gasteiger partial charge is 0.326 e. The maximum absolute atomic E-state index is 13.9. The average molecular weight is 611 g/mol. The van der Waals surface area contributed by atoms with Crippen molar-refractivity contribution >= 4 is 29.4 Å². The van der Waals surface area contributed by atoms with Gasteiger partial charge in [0, 0.05) is 17.2 Å². The first-order chi connectivity index (χ1) is 21.7. The van der Waals surface area contributed by atoms with Crippen molar-refractivity contribution in [3.8, 4) is 11.5 Å². The number of ether oxygens (including phenoxy) is 2. The first-order valence-corrected chi connectivity index (χ1v) is 14.0. The van der Waals surface area contributed by atoms with Gasteiger partial charge in [0.05, 0.1) is 13.5 Å². The molecule has 4 rings (SSSR count). The average Bonchev–Trinajstić information content (AvgIpc) is 3.05. The highest BCUT2D eigenvalue weighted by molar-refractivity contribution is 5.95. The second-order valence-electron chi connectivity index (χ2n) is 10.2. The van der Waals surface area contributed by atoms with Crippen molar-refractivity contribution in [3.05, 3.63) is 125 Å². The van der Waals surface area contributed by atoms with E-state index in [4.69, 9.17) is 20.6 Å². The Hall–Kier alpha value is -5.84. The van der Waals surface area contributed by atoms with E-state index < -0.39 is 42.3 Å². The summed E-state index contributed by atoms with van der Waals surface area (Å²) in [6.07, 6.45) is -0.521. The van der Waals surface area contributed by atoms with Gasteiger partial charge in [-0.2, -0.15) is 0 Å². The largest absolute Gasteiger partial charge is 0.493 e. The van der Waals surface area contributed by atoms with Crippen LogP contribution in [0.25, 0.3) is 0 Å². The summed E-state index contributed by atoms with van der Waals surface area (Å²) in [7, 11) is 1.47. The molecule has 232 valence electrons. The van der Waals surface area contributed by atoms with Crippen LogP contribution in [0.3, 0.4) is 0 Å². The minimum atomic E-state index is -1.56. The fourth-order valence-electron chi connectivity index (χ4n) is 4.82. The number of rotatable bonds is 15. The third kappa shape index (κ3) is 8.60. The first-order valence-electron chi connectivity index (χ1n) is 14.0. The van der Waals surface area contributed by atoms with Crippen LogP contribution in [-0.4, -0.2) is 47.0 Å². The minimum absolute atomic E-state index is 0.124. The van der Waals surface area contributed by atoms with Crippen molar-refractivity contribution < 1.29 is 34.1 Å². The number of nitrogens with two attached hydrogens (primary N) is 1. The molecule has 0 aromatic heterocycles. The summed E-state index contributed by atoms with van der Waals surface area (Å²) in [5, 5.41) is 33.1. The molecule has 0 bridgehead atoms. The number of carbonyl (C=O) groups is 3. The molecule has 0 saturated carbocycles. The minimum Gasteiger partial charge on any atom is -0.493 e. The Morgan fingerprint density at radius 2 is 1.49 bits per heavy atom. The molecule has 11 heteroatoms. The van der Waals surface area contributed by atoms with Gasteiger partial charge in [0.2, 0.25) is 5.91 Å². The molecule has 4 aromatic carbocycles. The predicted molar refractivity (Wildman–Crippen MR) is 169 cm³/mol. The van der Waals surface area contributed by atoms with Gasteiger partial charge in [-0.05, 0) is 53.1 Å². The lowest BCUT2D eigenvalue weighted by Crippen LogP contribution is -2.48. The maximum Gasteiger partial charge on any atom is 0.326 e. The Morgan fingerprint density at radius 3 is 2.07 bits per heavy atom. The summed E-state index contributed by atoms with van der Waals surface area (Å²) in [6.45, 7) is 0.284. The van der Waals surface area contributed by atoms with Crippen LogP contribution in [0.15, 0.2) is 103 Å². The van der Waals surface area contributed by atoms with Crippen molar-refractivity contribution in [2.45, 2.75) is 31.0 Å². The monoisotopic (exact) mass is 610 g/mol. The second kappa shape index (κ2) is 15.1. The van der Waals surface area contributed by atoms with Gasteiger partial charge in [-0.1, -0.05) is 66.7 Å². The van der Waals surface area contributed by atoms with Gasteiger partial charge in [-0.3, -0.25) is 15.0 Å². The zero-order valence-corrected chi connectivity index (χ0v) is 24.5. The number of nitrogen functional groups attached to an aromatic ring is 1. The number of carboxylic acids is 2. The van der Waals surface area contributed by atoms with Crippen molar-refractivity contribution in [2.75, 3.05) is 12.4 Å². The van der Waals surface area contributed by atoms with Gasteiger partial charge in [0.1, 0.15) is 24.5 Å². The summed E-state index contributed by atoms with van der Waals surface area (Å²) in [4.78, 5) is 38.2. The van der Waals surface area contributed by atoms with Crippen molar-refractivity contribution in [2.24, 2.45) is 5.73 Å². The Bertz CT molecular complexity index is 1630. The van der Waals surface area contributed by atoms with Crippen LogP contribution in [0.1, 0.15) is 40.6 Å². The van der Waals surface area contributed by atoms with E-state index in [1.165, 1.54) is 7.11 Å². The molecule has 11 nitrogen and oxygen atoms in total. The molecule has 0 saturated heterocycles. The third-order valence-electron chi connectivity index (χ3n) is 7.12. The third-order valence-corrected chi connectivity index (χ3v) is 7.12. The molecule has 4 aromatic rings. The number of methoxy groups -OCH3 is 1. The molecule has 3 atom stereocenters. The molecule has 0 fully saturated rings. The van der Waals surface area contributed by atoms with Crippen LogP contribution >= 0.6 is 0 Å². The molecule has 1 unspecified atom stereocenters. The topological polar surface area (TPSA) is 184 Å². The van der Waals surface area contributed by atoms with E-state index >= 15 is 0 Å². The molecule has 0 aliphatic heterocycles. The standard InChI is InChI=1S/C34H34N4O7/c1-44-28-18-24(14-17-27(28)45-20-21-8-4-2-5-9-21)30(37-25-15-12-23(13-16-25)32(35)36)33(41)38-31(34(42)43)26(19-29(39)40)22-10-6-3-7-11-22/h2-18,26,30-31,37H,19-20H2,1H3,(H3,35,36)(H,38,41)(H,39,40)(H,42,43)/t26?,30-,31-/m0/s1. The number of anilines is 1. The summed E-state index contributed by atoms with van der Waals surface area (Å²) < 4.78 is 11.5.